The first-order valence-corrected chi connectivity index (χ1v) is 6.88. The summed E-state index contributed by atoms with van der Waals surface area (Å²) in [6.45, 7) is 5.62. The van der Waals surface area contributed by atoms with Crippen LogP contribution < -0.4 is 0 Å². The molecule has 2 saturated heterocycles. The van der Waals surface area contributed by atoms with Gasteiger partial charge in [0.15, 0.2) is 0 Å². The van der Waals surface area contributed by atoms with Gasteiger partial charge in [0, 0.05) is 6.42 Å². The summed E-state index contributed by atoms with van der Waals surface area (Å²) in [5.74, 6) is -0.952. The van der Waals surface area contributed by atoms with Gasteiger partial charge in [-0.1, -0.05) is 6.42 Å². The van der Waals surface area contributed by atoms with Gasteiger partial charge in [-0.2, -0.15) is 0 Å². The molecule has 2 aliphatic heterocycles. The largest absolute Gasteiger partial charge is 0.460 e. The van der Waals surface area contributed by atoms with E-state index in [0.29, 0.717) is 6.42 Å². The Hall–Kier alpha value is -1.10. The summed E-state index contributed by atoms with van der Waals surface area (Å²) >= 11 is 0. The van der Waals surface area contributed by atoms with Crippen molar-refractivity contribution in [1.82, 2.24) is 0 Å². The molecule has 0 amide bonds. The summed E-state index contributed by atoms with van der Waals surface area (Å²) in [4.78, 5) is 24.5. The lowest BCUT2D eigenvalue weighted by atomic mass is 9.88. The zero-order valence-electron chi connectivity index (χ0n) is 11.7. The van der Waals surface area contributed by atoms with Crippen LogP contribution in [-0.4, -0.2) is 35.3 Å². The molecule has 1 spiro atoms. The van der Waals surface area contributed by atoms with E-state index in [4.69, 9.17) is 14.2 Å². The second-order valence-electron chi connectivity index (χ2n) is 6.87. The Bertz CT molecular complexity index is 438. The number of carbonyl (C=O) groups excluding carboxylic acids is 2. The van der Waals surface area contributed by atoms with Crippen LogP contribution in [0.25, 0.3) is 0 Å². The van der Waals surface area contributed by atoms with E-state index in [2.05, 4.69) is 0 Å². The van der Waals surface area contributed by atoms with Gasteiger partial charge in [0.05, 0.1) is 0 Å². The molecule has 0 aromatic carbocycles. The van der Waals surface area contributed by atoms with Crippen LogP contribution in [0.15, 0.2) is 0 Å². The molecule has 3 atom stereocenters. The predicted molar refractivity (Wildman–Crippen MR) is 65.3 cm³/mol. The highest BCUT2D eigenvalue weighted by Crippen LogP contribution is 2.55. The molecular weight excluding hydrogens is 248 g/mol. The van der Waals surface area contributed by atoms with Gasteiger partial charge in [0.1, 0.15) is 17.8 Å². The van der Waals surface area contributed by atoms with E-state index in [-0.39, 0.29) is 12.5 Å². The van der Waals surface area contributed by atoms with Crippen molar-refractivity contribution in [2.45, 2.75) is 63.3 Å². The molecule has 0 aromatic rings. The van der Waals surface area contributed by atoms with Crippen LogP contribution in [0.1, 0.15) is 46.5 Å². The molecule has 0 unspecified atom stereocenters. The normalized spacial score (nSPS) is 40.8. The van der Waals surface area contributed by atoms with Crippen LogP contribution in [-0.2, 0) is 23.8 Å². The Kier molecular flexibility index (Phi) is 2.53. The standard InChI is InChI=1S/C14H20O5/c1-12(2,3)18-11(16)14-7-9-5-4-6-13(9,19-14)8-17-10(14)15/h9H,4-8H2,1-3H3/t9-,13-,14+/m0/s1. The monoisotopic (exact) mass is 268 g/mol. The minimum absolute atomic E-state index is 0.228. The molecule has 0 N–H and O–H groups in total. The van der Waals surface area contributed by atoms with Crippen molar-refractivity contribution in [2.75, 3.05) is 6.61 Å². The second kappa shape index (κ2) is 3.72. The third kappa shape index (κ3) is 1.78. The molecule has 5 nitrogen and oxygen atoms in total. The van der Waals surface area contributed by atoms with Gasteiger partial charge in [-0.05, 0) is 39.5 Å². The minimum Gasteiger partial charge on any atom is -0.460 e. The van der Waals surface area contributed by atoms with Crippen LogP contribution in [0, 0.1) is 5.92 Å². The highest BCUT2D eigenvalue weighted by atomic mass is 16.7. The van der Waals surface area contributed by atoms with Crippen LogP contribution in [0.2, 0.25) is 0 Å². The summed E-state index contributed by atoms with van der Waals surface area (Å²) in [5, 5.41) is 0. The van der Waals surface area contributed by atoms with Crippen molar-refractivity contribution >= 4 is 11.9 Å². The highest BCUT2D eigenvalue weighted by molar-refractivity contribution is 6.04. The topological polar surface area (TPSA) is 61.8 Å². The van der Waals surface area contributed by atoms with E-state index in [9.17, 15) is 9.59 Å². The Morgan fingerprint density at radius 2 is 2.16 bits per heavy atom. The Morgan fingerprint density at radius 3 is 2.84 bits per heavy atom. The molecule has 1 aliphatic carbocycles. The Labute approximate surface area is 112 Å². The highest BCUT2D eigenvalue weighted by Gasteiger charge is 2.69. The number of fused-ring (bicyclic) bond motifs is 1. The third-order valence-electron chi connectivity index (χ3n) is 4.31. The van der Waals surface area contributed by atoms with Crippen molar-refractivity contribution < 1.29 is 23.8 Å². The Morgan fingerprint density at radius 1 is 1.42 bits per heavy atom. The predicted octanol–water partition coefficient (Wildman–Crippen LogP) is 1.58. The molecule has 3 fully saturated rings. The third-order valence-corrected chi connectivity index (χ3v) is 4.31. The van der Waals surface area contributed by atoms with Gasteiger partial charge in [-0.3, -0.25) is 0 Å². The molecule has 1 saturated carbocycles. The molecule has 0 aromatic heterocycles. The van der Waals surface area contributed by atoms with E-state index >= 15 is 0 Å². The fourth-order valence-electron chi connectivity index (χ4n) is 3.49. The maximum atomic E-state index is 12.4. The van der Waals surface area contributed by atoms with Gasteiger partial charge >= 0.3 is 11.9 Å². The summed E-state index contributed by atoms with van der Waals surface area (Å²) in [7, 11) is 0. The smallest absolute Gasteiger partial charge is 0.350 e. The van der Waals surface area contributed by atoms with Crippen LogP contribution >= 0.6 is 0 Å². The molecule has 2 bridgehead atoms. The van der Waals surface area contributed by atoms with Crippen molar-refractivity contribution in [3.05, 3.63) is 0 Å². The molecule has 19 heavy (non-hydrogen) atoms. The fraction of sp³-hybridized carbons (Fsp3) is 0.857. The lowest BCUT2D eigenvalue weighted by Gasteiger charge is -2.37. The van der Waals surface area contributed by atoms with Gasteiger partial charge in [0.2, 0.25) is 0 Å². The van der Waals surface area contributed by atoms with Crippen LogP contribution in [0.5, 0.6) is 0 Å². The number of hydrogen-bond donors (Lipinski definition) is 0. The van der Waals surface area contributed by atoms with Gasteiger partial charge in [-0.15, -0.1) is 0 Å². The SMILES string of the molecule is CC(C)(C)OC(=O)[C@@]12C[C@@H]3CCC[C@@]3(COC1=O)O2. The summed E-state index contributed by atoms with van der Waals surface area (Å²) in [6, 6.07) is 0. The van der Waals surface area contributed by atoms with Crippen molar-refractivity contribution in [2.24, 2.45) is 5.92 Å². The average Bonchev–Trinajstić information content (AvgIpc) is 2.74. The summed E-state index contributed by atoms with van der Waals surface area (Å²) < 4.78 is 16.6. The maximum Gasteiger partial charge on any atom is 0.350 e. The summed E-state index contributed by atoms with van der Waals surface area (Å²) in [5.41, 5.74) is -2.60. The number of carbonyl (C=O) groups is 2. The van der Waals surface area contributed by atoms with Crippen LogP contribution in [0.4, 0.5) is 0 Å². The molecule has 0 radical (unpaired) electrons. The Balaban J connectivity index is 1.90. The zero-order valence-corrected chi connectivity index (χ0v) is 11.7. The van der Waals surface area contributed by atoms with Crippen LogP contribution in [0.3, 0.4) is 0 Å². The van der Waals surface area contributed by atoms with E-state index in [1.807, 2.05) is 0 Å². The van der Waals surface area contributed by atoms with Gasteiger partial charge in [0.25, 0.3) is 5.60 Å². The number of ether oxygens (including phenoxy) is 3. The summed E-state index contributed by atoms with van der Waals surface area (Å²) in [6.07, 6.45) is 3.31. The number of hydrogen-bond acceptors (Lipinski definition) is 5. The van der Waals surface area contributed by atoms with E-state index in [1.54, 1.807) is 20.8 Å². The quantitative estimate of drug-likeness (QED) is 0.534. The van der Waals surface area contributed by atoms with Crippen molar-refractivity contribution in [1.29, 1.82) is 0 Å². The first kappa shape index (κ1) is 12.9. The molecular formula is C14H20O5. The molecule has 106 valence electrons. The van der Waals surface area contributed by atoms with E-state index < -0.39 is 28.7 Å². The lowest BCUT2D eigenvalue weighted by Crippen LogP contribution is -2.57. The molecule has 3 rings (SSSR count). The van der Waals surface area contributed by atoms with Gasteiger partial charge in [-0.25, -0.2) is 9.59 Å². The number of esters is 2. The van der Waals surface area contributed by atoms with Crippen molar-refractivity contribution in [3.63, 3.8) is 0 Å². The zero-order chi connectivity index (χ0) is 13.9. The van der Waals surface area contributed by atoms with Crippen molar-refractivity contribution in [3.8, 4) is 0 Å². The molecule has 5 heteroatoms. The van der Waals surface area contributed by atoms with Gasteiger partial charge < -0.3 is 14.2 Å². The average molecular weight is 268 g/mol. The second-order valence-corrected chi connectivity index (χ2v) is 6.87. The number of cyclic esters (lactones) is 1. The number of rotatable bonds is 1. The molecule has 3 aliphatic rings. The van der Waals surface area contributed by atoms with E-state index in [0.717, 1.165) is 19.3 Å². The first-order valence-electron chi connectivity index (χ1n) is 6.88. The first-order chi connectivity index (χ1) is 8.78. The molecule has 2 heterocycles. The van der Waals surface area contributed by atoms with E-state index in [1.165, 1.54) is 0 Å². The fourth-order valence-corrected chi connectivity index (χ4v) is 3.49. The lowest BCUT2D eigenvalue weighted by molar-refractivity contribution is -0.228. The minimum atomic E-state index is -1.52. The maximum absolute atomic E-state index is 12.4.